The van der Waals surface area contributed by atoms with Gasteiger partial charge < -0.3 is 5.11 Å². The molecule has 0 spiro atoms. The van der Waals surface area contributed by atoms with Gasteiger partial charge in [-0.25, -0.2) is 8.78 Å². The van der Waals surface area contributed by atoms with E-state index in [1.54, 1.807) is 11.8 Å². The summed E-state index contributed by atoms with van der Waals surface area (Å²) in [4.78, 5) is 0. The van der Waals surface area contributed by atoms with E-state index in [0.29, 0.717) is 6.42 Å². The van der Waals surface area contributed by atoms with Gasteiger partial charge in [-0.15, -0.1) is 0 Å². The highest BCUT2D eigenvalue weighted by Crippen LogP contribution is 2.22. The van der Waals surface area contributed by atoms with Crippen LogP contribution in [0.25, 0.3) is 0 Å². The molecule has 1 atom stereocenters. The van der Waals surface area contributed by atoms with Crippen LogP contribution in [0.3, 0.4) is 0 Å². The van der Waals surface area contributed by atoms with Gasteiger partial charge in [-0.3, -0.25) is 0 Å². The van der Waals surface area contributed by atoms with Crippen molar-refractivity contribution in [1.82, 2.24) is 0 Å². The minimum absolute atomic E-state index is 0.0479. The zero-order valence-electron chi connectivity index (χ0n) is 8.54. The Morgan fingerprint density at radius 1 is 1.40 bits per heavy atom. The molecule has 0 aromatic heterocycles. The monoisotopic (exact) mass is 232 g/mol. The van der Waals surface area contributed by atoms with Crippen molar-refractivity contribution >= 4 is 11.8 Å². The fourth-order valence-electron chi connectivity index (χ4n) is 1.26. The summed E-state index contributed by atoms with van der Waals surface area (Å²) < 4.78 is 26.0. The standard InChI is InChI=1S/C11H14F2OS/c1-2-15-6-5-11(14)9-7-8(12)3-4-10(9)13/h3-4,7,11,14H,2,5-6H2,1H3. The summed E-state index contributed by atoms with van der Waals surface area (Å²) in [5.41, 5.74) is 0.0479. The molecule has 1 nitrogen and oxygen atoms in total. The first kappa shape index (κ1) is 12.5. The predicted molar refractivity (Wildman–Crippen MR) is 58.9 cm³/mol. The van der Waals surface area contributed by atoms with Crippen LogP contribution in [0.4, 0.5) is 8.78 Å². The second-order valence-corrected chi connectivity index (χ2v) is 4.56. The summed E-state index contributed by atoms with van der Waals surface area (Å²) in [7, 11) is 0. The van der Waals surface area contributed by atoms with Gasteiger partial charge in [0.25, 0.3) is 0 Å². The maximum atomic E-state index is 13.2. The van der Waals surface area contributed by atoms with Crippen molar-refractivity contribution in [3.63, 3.8) is 0 Å². The molecule has 1 rings (SSSR count). The molecule has 4 heteroatoms. The van der Waals surface area contributed by atoms with Crippen molar-refractivity contribution in [3.8, 4) is 0 Å². The summed E-state index contributed by atoms with van der Waals surface area (Å²) in [6, 6.07) is 3.14. The van der Waals surface area contributed by atoms with Crippen molar-refractivity contribution in [1.29, 1.82) is 0 Å². The zero-order valence-corrected chi connectivity index (χ0v) is 9.36. The van der Waals surface area contributed by atoms with Gasteiger partial charge >= 0.3 is 0 Å². The van der Waals surface area contributed by atoms with Crippen LogP contribution in [0.5, 0.6) is 0 Å². The number of thioether (sulfide) groups is 1. The lowest BCUT2D eigenvalue weighted by atomic mass is 10.1. The molecule has 1 aromatic carbocycles. The van der Waals surface area contributed by atoms with E-state index in [-0.39, 0.29) is 5.56 Å². The normalized spacial score (nSPS) is 12.8. The Bertz CT molecular complexity index is 317. The molecular formula is C11H14F2OS. The quantitative estimate of drug-likeness (QED) is 0.787. The van der Waals surface area contributed by atoms with E-state index >= 15 is 0 Å². The molecule has 0 radical (unpaired) electrons. The highest BCUT2D eigenvalue weighted by Gasteiger charge is 2.13. The molecular weight excluding hydrogens is 218 g/mol. The Kier molecular flexibility index (Phi) is 5.05. The summed E-state index contributed by atoms with van der Waals surface area (Å²) in [5, 5.41) is 9.63. The van der Waals surface area contributed by atoms with E-state index in [0.717, 1.165) is 29.7 Å². The number of hydrogen-bond donors (Lipinski definition) is 1. The molecule has 0 amide bonds. The Morgan fingerprint density at radius 3 is 2.80 bits per heavy atom. The molecule has 0 bridgehead atoms. The maximum Gasteiger partial charge on any atom is 0.129 e. The summed E-state index contributed by atoms with van der Waals surface area (Å²) in [6.45, 7) is 2.01. The third kappa shape index (κ3) is 3.80. The molecule has 1 unspecified atom stereocenters. The van der Waals surface area contributed by atoms with Gasteiger partial charge in [-0.05, 0) is 36.1 Å². The topological polar surface area (TPSA) is 20.2 Å². The first-order valence-electron chi connectivity index (χ1n) is 4.86. The van der Waals surface area contributed by atoms with Crippen molar-refractivity contribution in [2.75, 3.05) is 11.5 Å². The molecule has 1 aromatic rings. The Labute approximate surface area is 92.5 Å². The predicted octanol–water partition coefficient (Wildman–Crippen LogP) is 3.14. The molecule has 0 saturated heterocycles. The SMILES string of the molecule is CCSCCC(O)c1cc(F)ccc1F. The number of aliphatic hydroxyl groups excluding tert-OH is 1. The average molecular weight is 232 g/mol. The zero-order chi connectivity index (χ0) is 11.3. The second-order valence-electron chi connectivity index (χ2n) is 3.17. The third-order valence-electron chi connectivity index (χ3n) is 2.06. The molecule has 1 N–H and O–H groups in total. The highest BCUT2D eigenvalue weighted by atomic mass is 32.2. The van der Waals surface area contributed by atoms with E-state index < -0.39 is 17.7 Å². The summed E-state index contributed by atoms with van der Waals surface area (Å²) >= 11 is 1.66. The van der Waals surface area contributed by atoms with Crippen LogP contribution in [0, 0.1) is 11.6 Å². The smallest absolute Gasteiger partial charge is 0.129 e. The van der Waals surface area contributed by atoms with Gasteiger partial charge in [-0.2, -0.15) is 11.8 Å². The maximum absolute atomic E-state index is 13.2. The molecule has 0 heterocycles. The van der Waals surface area contributed by atoms with Crippen LogP contribution < -0.4 is 0 Å². The van der Waals surface area contributed by atoms with E-state index in [9.17, 15) is 13.9 Å². The van der Waals surface area contributed by atoms with E-state index in [4.69, 9.17) is 0 Å². The third-order valence-corrected chi connectivity index (χ3v) is 2.99. The van der Waals surface area contributed by atoms with Crippen LogP contribution >= 0.6 is 11.8 Å². The number of rotatable bonds is 5. The van der Waals surface area contributed by atoms with Gasteiger partial charge in [0.05, 0.1) is 6.10 Å². The van der Waals surface area contributed by atoms with Gasteiger partial charge in [0.1, 0.15) is 11.6 Å². The molecule has 15 heavy (non-hydrogen) atoms. The van der Waals surface area contributed by atoms with Crippen LogP contribution in [0.15, 0.2) is 18.2 Å². The molecule has 0 aliphatic carbocycles. The van der Waals surface area contributed by atoms with E-state index in [2.05, 4.69) is 0 Å². The second kappa shape index (κ2) is 6.08. The van der Waals surface area contributed by atoms with Crippen molar-refractivity contribution in [3.05, 3.63) is 35.4 Å². The molecule has 84 valence electrons. The van der Waals surface area contributed by atoms with Crippen molar-refractivity contribution in [2.45, 2.75) is 19.4 Å². The first-order valence-corrected chi connectivity index (χ1v) is 6.01. The highest BCUT2D eigenvalue weighted by molar-refractivity contribution is 7.99. The average Bonchev–Trinajstić information content (AvgIpc) is 2.22. The molecule has 0 saturated carbocycles. The number of hydrogen-bond acceptors (Lipinski definition) is 2. The lowest BCUT2D eigenvalue weighted by Crippen LogP contribution is -2.02. The van der Waals surface area contributed by atoms with E-state index in [1.165, 1.54) is 0 Å². The van der Waals surface area contributed by atoms with Gasteiger partial charge in [0.2, 0.25) is 0 Å². The van der Waals surface area contributed by atoms with Crippen LogP contribution in [0.1, 0.15) is 25.0 Å². The fourth-order valence-corrected chi connectivity index (χ4v) is 1.94. The number of halogens is 2. The first-order chi connectivity index (χ1) is 7.15. The molecule has 0 aliphatic rings. The Morgan fingerprint density at radius 2 is 2.13 bits per heavy atom. The fraction of sp³-hybridized carbons (Fsp3) is 0.455. The number of aliphatic hydroxyl groups is 1. The Hall–Kier alpha value is -0.610. The largest absolute Gasteiger partial charge is 0.388 e. The van der Waals surface area contributed by atoms with Crippen LogP contribution in [0.2, 0.25) is 0 Å². The van der Waals surface area contributed by atoms with Crippen molar-refractivity contribution in [2.24, 2.45) is 0 Å². The molecule has 0 fully saturated rings. The Balaban J connectivity index is 2.64. The summed E-state index contributed by atoms with van der Waals surface area (Å²) in [6.07, 6.45) is -0.474. The number of benzene rings is 1. The van der Waals surface area contributed by atoms with Crippen LogP contribution in [-0.2, 0) is 0 Å². The minimum atomic E-state index is -0.917. The van der Waals surface area contributed by atoms with Gasteiger partial charge in [0.15, 0.2) is 0 Å². The van der Waals surface area contributed by atoms with Crippen molar-refractivity contribution < 1.29 is 13.9 Å². The lowest BCUT2D eigenvalue weighted by molar-refractivity contribution is 0.169. The van der Waals surface area contributed by atoms with Crippen LogP contribution in [-0.4, -0.2) is 16.6 Å². The summed E-state index contributed by atoms with van der Waals surface area (Å²) in [5.74, 6) is 0.630. The van der Waals surface area contributed by atoms with Gasteiger partial charge in [-0.1, -0.05) is 6.92 Å². The van der Waals surface area contributed by atoms with E-state index in [1.807, 2.05) is 6.92 Å². The lowest BCUT2D eigenvalue weighted by Gasteiger charge is -2.11. The van der Waals surface area contributed by atoms with Gasteiger partial charge in [0, 0.05) is 5.56 Å². The minimum Gasteiger partial charge on any atom is -0.388 e. The molecule has 0 aliphatic heterocycles.